The molecule has 9 heteroatoms. The summed E-state index contributed by atoms with van der Waals surface area (Å²) in [5, 5.41) is 5.86. The number of carbonyl (C=O) groups is 2. The fourth-order valence-electron chi connectivity index (χ4n) is 3.75. The maximum absolute atomic E-state index is 12.5. The van der Waals surface area contributed by atoms with Crippen LogP contribution in [0.1, 0.15) is 23.9 Å². The summed E-state index contributed by atoms with van der Waals surface area (Å²) in [6.07, 6.45) is 0.545. The van der Waals surface area contributed by atoms with Crippen molar-refractivity contribution in [2.75, 3.05) is 36.4 Å². The molecule has 1 fully saturated rings. The minimum atomic E-state index is -0.419. The summed E-state index contributed by atoms with van der Waals surface area (Å²) < 4.78 is 6.66. The van der Waals surface area contributed by atoms with Gasteiger partial charge in [0, 0.05) is 54.0 Å². The second kappa shape index (κ2) is 10.8. The quantitative estimate of drug-likeness (QED) is 0.448. The van der Waals surface area contributed by atoms with Crippen LogP contribution in [0.4, 0.5) is 11.4 Å². The molecule has 3 aromatic rings. The average molecular weight is 541 g/mol. The van der Waals surface area contributed by atoms with E-state index in [1.165, 1.54) is 0 Å². The number of benzene rings is 2. The molecule has 1 aliphatic rings. The van der Waals surface area contributed by atoms with Crippen LogP contribution < -0.4 is 15.5 Å². The van der Waals surface area contributed by atoms with Crippen molar-refractivity contribution in [3.63, 3.8) is 0 Å². The molecule has 0 saturated carbocycles. The molecule has 1 saturated heterocycles. The smallest absolute Gasteiger partial charge is 0.293 e. The molecule has 2 amide bonds. The summed E-state index contributed by atoms with van der Waals surface area (Å²) in [6.45, 7) is 4.97. The lowest BCUT2D eigenvalue weighted by molar-refractivity contribution is -0.131. The van der Waals surface area contributed by atoms with E-state index in [1.807, 2.05) is 60.4 Å². The number of nitrogens with zero attached hydrogens (tertiary/aromatic N) is 2. The maximum atomic E-state index is 12.5. The van der Waals surface area contributed by atoms with Crippen LogP contribution in [0.2, 0.25) is 0 Å². The van der Waals surface area contributed by atoms with Gasteiger partial charge in [-0.3, -0.25) is 14.9 Å². The summed E-state index contributed by atoms with van der Waals surface area (Å²) in [5.74, 6) is 0.566. The van der Waals surface area contributed by atoms with Crippen molar-refractivity contribution < 1.29 is 14.0 Å². The SMILES string of the molecule is CCC(=O)N1CCN(c2ccc(NC(=S)NC(=O)c3ccc(-c4ccc(Br)cc4)o3)cc2)CC1. The molecule has 176 valence electrons. The van der Waals surface area contributed by atoms with Crippen molar-refractivity contribution in [3.05, 3.63) is 70.9 Å². The van der Waals surface area contributed by atoms with Gasteiger partial charge in [-0.25, -0.2) is 0 Å². The molecule has 0 spiro atoms. The molecule has 1 aliphatic heterocycles. The number of nitrogens with one attached hydrogen (secondary N) is 2. The molecule has 0 atom stereocenters. The standard InChI is InChI=1S/C25H25BrN4O3S/c1-2-23(31)30-15-13-29(14-16-30)20-9-7-19(8-10-20)27-25(34)28-24(32)22-12-11-21(33-22)17-3-5-18(26)6-4-17/h3-12H,2,13-16H2,1H3,(H2,27,28,32,34). The lowest BCUT2D eigenvalue weighted by Crippen LogP contribution is -2.48. The van der Waals surface area contributed by atoms with E-state index in [-0.39, 0.29) is 16.8 Å². The molecule has 2 N–H and O–H groups in total. The van der Waals surface area contributed by atoms with Crippen LogP contribution in [0, 0.1) is 0 Å². The number of halogens is 1. The fraction of sp³-hybridized carbons (Fsp3) is 0.240. The molecule has 1 aromatic heterocycles. The molecule has 4 rings (SSSR count). The summed E-state index contributed by atoms with van der Waals surface area (Å²) in [7, 11) is 0. The van der Waals surface area contributed by atoms with Crippen LogP contribution in [0.25, 0.3) is 11.3 Å². The third kappa shape index (κ3) is 5.84. The highest BCUT2D eigenvalue weighted by Crippen LogP contribution is 2.24. The monoisotopic (exact) mass is 540 g/mol. The van der Waals surface area contributed by atoms with Gasteiger partial charge in [-0.1, -0.05) is 35.0 Å². The Kier molecular flexibility index (Phi) is 7.64. The third-order valence-electron chi connectivity index (χ3n) is 5.61. The molecular formula is C25H25BrN4O3S. The number of furan rings is 1. The topological polar surface area (TPSA) is 77.8 Å². The van der Waals surface area contributed by atoms with Gasteiger partial charge in [0.15, 0.2) is 10.9 Å². The zero-order valence-corrected chi connectivity index (χ0v) is 21.1. The number of hydrogen-bond acceptors (Lipinski definition) is 5. The lowest BCUT2D eigenvalue weighted by atomic mass is 10.2. The normalized spacial score (nSPS) is 13.5. The van der Waals surface area contributed by atoms with Crippen molar-refractivity contribution in [2.24, 2.45) is 0 Å². The molecule has 0 aliphatic carbocycles. The van der Waals surface area contributed by atoms with Gasteiger partial charge in [-0.2, -0.15) is 0 Å². The average Bonchev–Trinajstić information content (AvgIpc) is 3.35. The first kappa shape index (κ1) is 24.0. The summed E-state index contributed by atoms with van der Waals surface area (Å²) in [6, 6.07) is 18.8. The Hall–Kier alpha value is -3.17. The van der Waals surface area contributed by atoms with Crippen molar-refractivity contribution in [2.45, 2.75) is 13.3 Å². The fourth-order valence-corrected chi connectivity index (χ4v) is 4.22. The van der Waals surface area contributed by atoms with Crippen LogP contribution >= 0.6 is 28.1 Å². The number of thiocarbonyl (C=S) groups is 1. The van der Waals surface area contributed by atoms with E-state index >= 15 is 0 Å². The zero-order valence-electron chi connectivity index (χ0n) is 18.7. The second-order valence-electron chi connectivity index (χ2n) is 7.85. The predicted octanol–water partition coefficient (Wildman–Crippen LogP) is 4.89. The number of rotatable bonds is 5. The molecule has 2 heterocycles. The predicted molar refractivity (Wildman–Crippen MR) is 141 cm³/mol. The van der Waals surface area contributed by atoms with E-state index in [0.29, 0.717) is 12.2 Å². The molecule has 34 heavy (non-hydrogen) atoms. The lowest BCUT2D eigenvalue weighted by Gasteiger charge is -2.36. The highest BCUT2D eigenvalue weighted by molar-refractivity contribution is 9.10. The van der Waals surface area contributed by atoms with Crippen LogP contribution in [0.5, 0.6) is 0 Å². The Balaban J connectivity index is 1.29. The van der Waals surface area contributed by atoms with Crippen molar-refractivity contribution in [1.82, 2.24) is 10.2 Å². The second-order valence-corrected chi connectivity index (χ2v) is 9.17. The van der Waals surface area contributed by atoms with Crippen LogP contribution in [0.3, 0.4) is 0 Å². The number of carbonyl (C=O) groups excluding carboxylic acids is 2. The van der Waals surface area contributed by atoms with Gasteiger partial charge >= 0.3 is 0 Å². The van der Waals surface area contributed by atoms with Gasteiger partial charge in [0.25, 0.3) is 5.91 Å². The Labute approximate surface area is 212 Å². The summed E-state index contributed by atoms with van der Waals surface area (Å²) in [5.41, 5.74) is 2.73. The first-order valence-electron chi connectivity index (χ1n) is 11.0. The minimum Gasteiger partial charge on any atom is -0.451 e. The van der Waals surface area contributed by atoms with Crippen LogP contribution in [-0.2, 0) is 4.79 Å². The van der Waals surface area contributed by atoms with Gasteiger partial charge in [0.2, 0.25) is 5.91 Å². The minimum absolute atomic E-state index is 0.179. The Morgan fingerprint density at radius 1 is 0.971 bits per heavy atom. The largest absolute Gasteiger partial charge is 0.451 e. The van der Waals surface area contributed by atoms with Crippen molar-refractivity contribution in [1.29, 1.82) is 0 Å². The van der Waals surface area contributed by atoms with Gasteiger partial charge < -0.3 is 19.5 Å². The highest BCUT2D eigenvalue weighted by atomic mass is 79.9. The van der Waals surface area contributed by atoms with E-state index in [2.05, 4.69) is 31.5 Å². The van der Waals surface area contributed by atoms with E-state index in [0.717, 1.165) is 47.6 Å². The van der Waals surface area contributed by atoms with Crippen LogP contribution in [-0.4, -0.2) is 48.0 Å². The molecule has 0 bridgehead atoms. The highest BCUT2D eigenvalue weighted by Gasteiger charge is 2.20. The molecular weight excluding hydrogens is 516 g/mol. The maximum Gasteiger partial charge on any atom is 0.293 e. The van der Waals surface area contributed by atoms with Crippen LogP contribution in [0.15, 0.2) is 69.6 Å². The number of anilines is 2. The summed E-state index contributed by atoms with van der Waals surface area (Å²) >= 11 is 8.70. The van der Waals surface area contributed by atoms with Crippen molar-refractivity contribution in [3.8, 4) is 11.3 Å². The van der Waals surface area contributed by atoms with Gasteiger partial charge in [0.1, 0.15) is 5.76 Å². The van der Waals surface area contributed by atoms with E-state index in [1.54, 1.807) is 12.1 Å². The number of amides is 2. The number of piperazine rings is 1. The first-order valence-corrected chi connectivity index (χ1v) is 12.2. The molecule has 2 aromatic carbocycles. The van der Waals surface area contributed by atoms with Gasteiger partial charge in [-0.15, -0.1) is 0 Å². The van der Waals surface area contributed by atoms with E-state index in [4.69, 9.17) is 16.6 Å². The molecule has 0 unspecified atom stereocenters. The van der Waals surface area contributed by atoms with Gasteiger partial charge in [-0.05, 0) is 60.7 Å². The number of hydrogen-bond donors (Lipinski definition) is 2. The molecule has 7 nitrogen and oxygen atoms in total. The van der Waals surface area contributed by atoms with Crippen molar-refractivity contribution >= 4 is 56.4 Å². The van der Waals surface area contributed by atoms with E-state index in [9.17, 15) is 9.59 Å². The van der Waals surface area contributed by atoms with Gasteiger partial charge in [0.05, 0.1) is 0 Å². The third-order valence-corrected chi connectivity index (χ3v) is 6.34. The zero-order chi connectivity index (χ0) is 24.1. The first-order chi connectivity index (χ1) is 16.4. The Morgan fingerprint density at radius 2 is 1.65 bits per heavy atom. The molecule has 0 radical (unpaired) electrons. The van der Waals surface area contributed by atoms with E-state index < -0.39 is 5.91 Å². The Morgan fingerprint density at radius 3 is 2.29 bits per heavy atom. The Bertz CT molecular complexity index is 1170. The summed E-state index contributed by atoms with van der Waals surface area (Å²) in [4.78, 5) is 28.5.